The minimum absolute atomic E-state index is 0.706. The Kier molecular flexibility index (Phi) is 5.40. The van der Waals surface area contributed by atoms with Crippen molar-refractivity contribution in [3.8, 4) is 5.69 Å². The van der Waals surface area contributed by atoms with Crippen molar-refractivity contribution in [2.75, 3.05) is 31.2 Å². The third kappa shape index (κ3) is 3.80. The van der Waals surface area contributed by atoms with Crippen molar-refractivity contribution in [2.45, 2.75) is 6.92 Å². The zero-order chi connectivity index (χ0) is 21.2. The van der Waals surface area contributed by atoms with E-state index in [4.69, 9.17) is 9.84 Å². The number of aryl methyl sites for hydroxylation is 2. The molecule has 0 N–H and O–H groups in total. The lowest BCUT2D eigenvalue weighted by atomic mass is 10.2. The number of thiazole rings is 1. The second kappa shape index (κ2) is 8.49. The highest BCUT2D eigenvalue weighted by atomic mass is 32.1. The molecule has 2 aromatic carbocycles. The van der Waals surface area contributed by atoms with Crippen molar-refractivity contribution in [3.63, 3.8) is 0 Å². The predicted molar refractivity (Wildman–Crippen MR) is 125 cm³/mol. The van der Waals surface area contributed by atoms with Crippen LogP contribution in [0.4, 0.5) is 5.82 Å². The number of rotatable bonds is 4. The van der Waals surface area contributed by atoms with E-state index < -0.39 is 0 Å². The SMILES string of the molecule is Cc1nn(-c2ccccc2)c(N2CCOCC2)c1/C=N/N=c1\sc2ccccc2n1C. The molecule has 0 radical (unpaired) electrons. The maximum atomic E-state index is 5.57. The molecule has 8 heteroatoms. The normalized spacial score (nSPS) is 15.4. The van der Waals surface area contributed by atoms with E-state index in [2.05, 4.69) is 43.9 Å². The Bertz CT molecular complexity index is 1290. The monoisotopic (exact) mass is 432 g/mol. The van der Waals surface area contributed by atoms with Crippen LogP contribution in [0, 0.1) is 6.92 Å². The molecule has 1 saturated heterocycles. The van der Waals surface area contributed by atoms with Crippen LogP contribution in [0.1, 0.15) is 11.3 Å². The largest absolute Gasteiger partial charge is 0.378 e. The summed E-state index contributed by atoms with van der Waals surface area (Å²) in [7, 11) is 2.02. The summed E-state index contributed by atoms with van der Waals surface area (Å²) in [6.07, 6.45) is 1.83. The summed E-state index contributed by atoms with van der Waals surface area (Å²) in [6.45, 7) is 5.07. The van der Waals surface area contributed by atoms with E-state index in [1.54, 1.807) is 11.3 Å². The highest BCUT2D eigenvalue weighted by molar-refractivity contribution is 7.16. The number of aromatic nitrogens is 3. The van der Waals surface area contributed by atoms with E-state index in [9.17, 15) is 0 Å². The molecule has 1 fully saturated rings. The number of ether oxygens (including phenoxy) is 1. The Labute approximate surface area is 184 Å². The second-order valence-electron chi connectivity index (χ2n) is 7.43. The standard InChI is InChI=1S/C23H24N6OS/c1-17-19(16-24-25-23-27(2)20-10-6-7-11-21(20)31-23)22(28-12-14-30-15-13-28)29(26-17)18-8-4-3-5-9-18/h3-11,16H,12-15H2,1-2H3/b24-16+,25-23-. The molecule has 0 bridgehead atoms. The highest BCUT2D eigenvalue weighted by Crippen LogP contribution is 2.27. The van der Waals surface area contributed by atoms with Crippen molar-refractivity contribution in [1.29, 1.82) is 0 Å². The van der Waals surface area contributed by atoms with Crippen molar-refractivity contribution in [2.24, 2.45) is 17.3 Å². The first-order valence-corrected chi connectivity index (χ1v) is 11.1. The molecule has 31 heavy (non-hydrogen) atoms. The maximum Gasteiger partial charge on any atom is 0.211 e. The van der Waals surface area contributed by atoms with Crippen molar-refractivity contribution in [1.82, 2.24) is 14.3 Å². The van der Waals surface area contributed by atoms with E-state index in [-0.39, 0.29) is 0 Å². The van der Waals surface area contributed by atoms with Crippen LogP contribution in [0.15, 0.2) is 64.8 Å². The van der Waals surface area contributed by atoms with E-state index in [0.29, 0.717) is 13.2 Å². The van der Waals surface area contributed by atoms with Gasteiger partial charge < -0.3 is 14.2 Å². The molecular weight excluding hydrogens is 408 g/mol. The van der Waals surface area contributed by atoms with Gasteiger partial charge in [-0.2, -0.15) is 10.2 Å². The number of fused-ring (bicyclic) bond motifs is 1. The van der Waals surface area contributed by atoms with Crippen molar-refractivity contribution in [3.05, 3.63) is 70.7 Å². The Morgan fingerprint density at radius 1 is 1.03 bits per heavy atom. The van der Waals surface area contributed by atoms with Gasteiger partial charge in [-0.3, -0.25) is 0 Å². The van der Waals surface area contributed by atoms with Gasteiger partial charge in [0.2, 0.25) is 4.80 Å². The summed E-state index contributed by atoms with van der Waals surface area (Å²) < 4.78 is 10.8. The van der Waals surface area contributed by atoms with E-state index >= 15 is 0 Å². The number of benzene rings is 2. The third-order valence-corrected chi connectivity index (χ3v) is 6.54. The number of anilines is 1. The van der Waals surface area contributed by atoms with Gasteiger partial charge in [0.15, 0.2) is 0 Å². The summed E-state index contributed by atoms with van der Waals surface area (Å²) in [5.41, 5.74) is 4.09. The van der Waals surface area contributed by atoms with Gasteiger partial charge in [-0.1, -0.05) is 41.7 Å². The Balaban J connectivity index is 1.58. The van der Waals surface area contributed by atoms with Crippen LogP contribution in [-0.2, 0) is 11.8 Å². The van der Waals surface area contributed by atoms with Crippen LogP contribution in [-0.4, -0.2) is 46.9 Å². The van der Waals surface area contributed by atoms with Gasteiger partial charge in [-0.05, 0) is 31.2 Å². The van der Waals surface area contributed by atoms with E-state index in [1.807, 2.05) is 55.2 Å². The molecule has 158 valence electrons. The summed E-state index contributed by atoms with van der Waals surface area (Å²) in [5.74, 6) is 1.03. The Hall–Kier alpha value is -3.23. The predicted octanol–water partition coefficient (Wildman–Crippen LogP) is 3.51. The lowest BCUT2D eigenvalue weighted by molar-refractivity contribution is 0.122. The molecule has 7 nitrogen and oxygen atoms in total. The van der Waals surface area contributed by atoms with Gasteiger partial charge in [0, 0.05) is 20.1 Å². The second-order valence-corrected chi connectivity index (χ2v) is 8.43. The van der Waals surface area contributed by atoms with Gasteiger partial charge in [0.05, 0.1) is 46.6 Å². The van der Waals surface area contributed by atoms with Gasteiger partial charge in [0.25, 0.3) is 0 Å². The summed E-state index contributed by atoms with van der Waals surface area (Å²) in [4.78, 5) is 3.18. The molecule has 0 spiro atoms. The fourth-order valence-corrected chi connectivity index (χ4v) is 4.80. The van der Waals surface area contributed by atoms with Crippen LogP contribution in [0.3, 0.4) is 0 Å². The van der Waals surface area contributed by atoms with Crippen LogP contribution >= 0.6 is 11.3 Å². The van der Waals surface area contributed by atoms with Crippen LogP contribution in [0.25, 0.3) is 15.9 Å². The molecule has 0 amide bonds. The first kappa shape index (κ1) is 19.7. The molecule has 0 atom stereocenters. The molecule has 0 aliphatic carbocycles. The minimum atomic E-state index is 0.706. The lowest BCUT2D eigenvalue weighted by Gasteiger charge is -2.29. The van der Waals surface area contributed by atoms with Gasteiger partial charge in [-0.15, -0.1) is 5.10 Å². The van der Waals surface area contributed by atoms with Crippen LogP contribution in [0.5, 0.6) is 0 Å². The van der Waals surface area contributed by atoms with Crippen molar-refractivity contribution < 1.29 is 4.74 Å². The quantitative estimate of drug-likeness (QED) is 0.366. The summed E-state index contributed by atoms with van der Waals surface area (Å²) in [6, 6.07) is 18.5. The first-order valence-electron chi connectivity index (χ1n) is 10.3. The molecule has 0 unspecified atom stereocenters. The fraction of sp³-hybridized carbons (Fsp3) is 0.261. The van der Waals surface area contributed by atoms with Crippen LogP contribution in [0.2, 0.25) is 0 Å². The van der Waals surface area contributed by atoms with E-state index in [0.717, 1.165) is 46.2 Å². The lowest BCUT2D eigenvalue weighted by Crippen LogP contribution is -2.38. The zero-order valence-corrected chi connectivity index (χ0v) is 18.4. The molecule has 0 saturated carbocycles. The summed E-state index contributed by atoms with van der Waals surface area (Å²) in [5, 5.41) is 13.8. The minimum Gasteiger partial charge on any atom is -0.378 e. The Morgan fingerprint density at radius 2 is 1.77 bits per heavy atom. The number of hydrogen-bond acceptors (Lipinski definition) is 6. The molecule has 2 aromatic heterocycles. The summed E-state index contributed by atoms with van der Waals surface area (Å²) >= 11 is 1.63. The molecule has 3 heterocycles. The van der Waals surface area contributed by atoms with Gasteiger partial charge >= 0.3 is 0 Å². The molecule has 1 aliphatic heterocycles. The van der Waals surface area contributed by atoms with Crippen molar-refractivity contribution >= 4 is 33.6 Å². The topological polar surface area (TPSA) is 59.9 Å². The number of hydrogen-bond donors (Lipinski definition) is 0. The maximum absolute atomic E-state index is 5.57. The van der Waals surface area contributed by atoms with Gasteiger partial charge in [-0.25, -0.2) is 4.68 Å². The van der Waals surface area contributed by atoms with Crippen LogP contribution < -0.4 is 9.70 Å². The fourth-order valence-electron chi connectivity index (χ4n) is 3.82. The first-order chi connectivity index (χ1) is 15.2. The molecule has 5 rings (SSSR count). The average molecular weight is 433 g/mol. The number of morpholine rings is 1. The van der Waals surface area contributed by atoms with E-state index in [1.165, 1.54) is 4.70 Å². The zero-order valence-electron chi connectivity index (χ0n) is 17.6. The molecule has 1 aliphatic rings. The average Bonchev–Trinajstić information content (AvgIpc) is 3.32. The molecular formula is C23H24N6OS. The Morgan fingerprint density at radius 3 is 2.55 bits per heavy atom. The smallest absolute Gasteiger partial charge is 0.211 e. The number of nitrogens with zero attached hydrogens (tertiary/aromatic N) is 6. The highest BCUT2D eigenvalue weighted by Gasteiger charge is 2.22. The third-order valence-electron chi connectivity index (χ3n) is 5.44. The molecule has 4 aromatic rings. The van der Waals surface area contributed by atoms with Gasteiger partial charge in [0.1, 0.15) is 5.82 Å². The number of para-hydroxylation sites is 2.